The molecule has 24 heavy (non-hydrogen) atoms. The van der Waals surface area contributed by atoms with Crippen LogP contribution in [0.5, 0.6) is 5.75 Å². The zero-order valence-electron chi connectivity index (χ0n) is 13.0. The van der Waals surface area contributed by atoms with Crippen molar-refractivity contribution in [2.75, 3.05) is 14.2 Å². The molecule has 0 saturated carbocycles. The van der Waals surface area contributed by atoms with Gasteiger partial charge in [-0.2, -0.15) is 0 Å². The quantitative estimate of drug-likeness (QED) is 0.757. The number of carbonyl (C=O) groups is 2. The Morgan fingerprint density at radius 2 is 1.88 bits per heavy atom. The predicted molar refractivity (Wildman–Crippen MR) is 94.2 cm³/mol. The first kappa shape index (κ1) is 18.6. The minimum absolute atomic E-state index is 0.00986. The van der Waals surface area contributed by atoms with E-state index in [2.05, 4.69) is 5.32 Å². The van der Waals surface area contributed by atoms with Crippen molar-refractivity contribution < 1.29 is 19.1 Å². The Kier molecular flexibility index (Phi) is 6.48. The number of rotatable bonds is 6. The third kappa shape index (κ3) is 4.63. The molecule has 1 N–H and O–H groups in total. The van der Waals surface area contributed by atoms with E-state index in [1.807, 2.05) is 0 Å². The fourth-order valence-electron chi connectivity index (χ4n) is 2.07. The second kappa shape index (κ2) is 8.37. The van der Waals surface area contributed by atoms with Crippen molar-refractivity contribution >= 4 is 46.4 Å². The van der Waals surface area contributed by atoms with Gasteiger partial charge in [-0.1, -0.05) is 35.3 Å². The van der Waals surface area contributed by atoms with E-state index in [0.717, 1.165) is 16.9 Å². The lowest BCUT2D eigenvalue weighted by molar-refractivity contribution is -0.141. The Balaban J connectivity index is 2.23. The number of hydrogen-bond donors (Lipinski definition) is 1. The van der Waals surface area contributed by atoms with Gasteiger partial charge in [0.1, 0.15) is 10.1 Å². The molecule has 8 heteroatoms. The Morgan fingerprint density at radius 1 is 1.21 bits per heavy atom. The topological polar surface area (TPSA) is 64.6 Å². The van der Waals surface area contributed by atoms with E-state index in [-0.39, 0.29) is 12.0 Å². The molecule has 0 aliphatic carbocycles. The molecule has 0 spiro atoms. The van der Waals surface area contributed by atoms with Gasteiger partial charge in [-0.3, -0.25) is 9.59 Å². The third-order valence-electron chi connectivity index (χ3n) is 3.32. The zero-order valence-corrected chi connectivity index (χ0v) is 15.3. The number of esters is 1. The molecule has 1 unspecified atom stereocenters. The first-order valence-electron chi connectivity index (χ1n) is 6.91. The van der Waals surface area contributed by atoms with Crippen LogP contribution in [-0.4, -0.2) is 26.1 Å². The lowest BCUT2D eigenvalue weighted by atomic mass is 10.0. The third-order valence-corrected chi connectivity index (χ3v) is 4.81. The predicted octanol–water partition coefficient (Wildman–Crippen LogP) is 4.10. The second-order valence-electron chi connectivity index (χ2n) is 4.82. The van der Waals surface area contributed by atoms with Gasteiger partial charge in [0, 0.05) is 0 Å². The summed E-state index contributed by atoms with van der Waals surface area (Å²) in [5, 5.41) is 2.79. The van der Waals surface area contributed by atoms with Gasteiger partial charge in [-0.15, -0.1) is 11.3 Å². The highest BCUT2D eigenvalue weighted by Crippen LogP contribution is 2.31. The first-order chi connectivity index (χ1) is 11.4. The van der Waals surface area contributed by atoms with Gasteiger partial charge in [0.2, 0.25) is 0 Å². The molecule has 1 heterocycles. The Bertz CT molecular complexity index is 730. The van der Waals surface area contributed by atoms with Crippen molar-refractivity contribution in [3.63, 3.8) is 0 Å². The summed E-state index contributed by atoms with van der Waals surface area (Å²) in [6.45, 7) is 0. The van der Waals surface area contributed by atoms with Crippen molar-refractivity contribution in [2.45, 2.75) is 12.5 Å². The summed E-state index contributed by atoms with van der Waals surface area (Å²) in [6.07, 6.45) is -0.00986. The zero-order chi connectivity index (χ0) is 17.7. The molecule has 128 valence electrons. The summed E-state index contributed by atoms with van der Waals surface area (Å²) < 4.78 is 10.5. The summed E-state index contributed by atoms with van der Waals surface area (Å²) in [4.78, 5) is 24.1. The van der Waals surface area contributed by atoms with Crippen molar-refractivity contribution in [1.29, 1.82) is 0 Å². The highest BCUT2D eigenvalue weighted by molar-refractivity contribution is 7.20. The van der Waals surface area contributed by atoms with E-state index in [1.54, 1.807) is 31.4 Å². The van der Waals surface area contributed by atoms with E-state index in [0.29, 0.717) is 14.4 Å². The Morgan fingerprint density at radius 3 is 2.38 bits per heavy atom. The van der Waals surface area contributed by atoms with Crippen LogP contribution in [0.4, 0.5) is 0 Å². The number of halogens is 2. The van der Waals surface area contributed by atoms with E-state index < -0.39 is 17.9 Å². The minimum atomic E-state index is -0.564. The van der Waals surface area contributed by atoms with Crippen LogP contribution < -0.4 is 10.1 Å². The van der Waals surface area contributed by atoms with Crippen LogP contribution in [-0.2, 0) is 9.53 Å². The van der Waals surface area contributed by atoms with Crippen molar-refractivity contribution in [3.05, 3.63) is 50.1 Å². The highest BCUT2D eigenvalue weighted by Gasteiger charge is 2.22. The second-order valence-corrected chi connectivity index (χ2v) is 7.10. The molecule has 2 aromatic rings. The first-order valence-corrected chi connectivity index (χ1v) is 8.48. The molecule has 0 radical (unpaired) electrons. The number of hydrogen-bond acceptors (Lipinski definition) is 5. The molecule has 1 amide bonds. The fourth-order valence-corrected chi connectivity index (χ4v) is 3.53. The molecular formula is C16H15Cl2NO4S. The van der Waals surface area contributed by atoms with Gasteiger partial charge in [-0.25, -0.2) is 0 Å². The Hall–Kier alpha value is -1.76. The normalized spacial score (nSPS) is 11.7. The molecule has 1 aromatic heterocycles. The molecule has 0 bridgehead atoms. The van der Waals surface area contributed by atoms with Crippen molar-refractivity contribution in [1.82, 2.24) is 5.32 Å². The molecule has 1 aromatic carbocycles. The average Bonchev–Trinajstić information content (AvgIpc) is 2.92. The maximum absolute atomic E-state index is 12.4. The number of carbonyl (C=O) groups excluding carboxylic acids is 2. The van der Waals surface area contributed by atoms with E-state index in [1.165, 1.54) is 13.2 Å². The van der Waals surface area contributed by atoms with Gasteiger partial charge in [0.25, 0.3) is 5.91 Å². The molecule has 0 aliphatic rings. The van der Waals surface area contributed by atoms with E-state index in [4.69, 9.17) is 32.7 Å². The number of thiophene rings is 1. The molecule has 5 nitrogen and oxygen atoms in total. The summed E-state index contributed by atoms with van der Waals surface area (Å²) in [6, 6.07) is 7.97. The summed E-state index contributed by atoms with van der Waals surface area (Å²) in [7, 11) is 2.86. The molecule has 1 atom stereocenters. The van der Waals surface area contributed by atoms with Crippen LogP contribution in [0.3, 0.4) is 0 Å². The number of benzene rings is 1. The number of methoxy groups -OCH3 is 2. The van der Waals surface area contributed by atoms with Crippen molar-refractivity contribution in [3.8, 4) is 5.75 Å². The van der Waals surface area contributed by atoms with Gasteiger partial charge in [0.15, 0.2) is 0 Å². The van der Waals surface area contributed by atoms with E-state index >= 15 is 0 Å². The molecular weight excluding hydrogens is 373 g/mol. The van der Waals surface area contributed by atoms with Gasteiger partial charge >= 0.3 is 5.97 Å². The molecule has 0 aliphatic heterocycles. The average molecular weight is 388 g/mol. The summed E-state index contributed by atoms with van der Waals surface area (Å²) >= 11 is 13.0. The number of amides is 1. The van der Waals surface area contributed by atoms with Crippen molar-refractivity contribution in [2.24, 2.45) is 0 Å². The molecule has 2 rings (SSSR count). The lowest BCUT2D eigenvalue weighted by Gasteiger charge is -2.18. The van der Waals surface area contributed by atoms with Gasteiger partial charge in [0.05, 0.1) is 36.6 Å². The Labute approximate surface area is 153 Å². The molecule has 0 saturated heterocycles. The van der Waals surface area contributed by atoms with Crippen LogP contribution in [0.2, 0.25) is 8.67 Å². The smallest absolute Gasteiger partial charge is 0.307 e. The highest BCUT2D eigenvalue weighted by atomic mass is 35.5. The monoisotopic (exact) mass is 387 g/mol. The summed E-state index contributed by atoms with van der Waals surface area (Å²) in [5.74, 6) is -0.173. The fraction of sp³-hybridized carbons (Fsp3) is 0.250. The number of ether oxygens (including phenoxy) is 2. The van der Waals surface area contributed by atoms with Crippen LogP contribution >= 0.6 is 34.5 Å². The standard InChI is InChI=1S/C16H15Cl2NO4S/c1-22-10-5-3-9(4-6-10)12(8-14(20)23-2)19-16(21)11-7-13(17)24-15(11)18/h3-7,12H,8H2,1-2H3,(H,19,21). The van der Waals surface area contributed by atoms with Crippen LogP contribution in [0, 0.1) is 0 Å². The lowest BCUT2D eigenvalue weighted by Crippen LogP contribution is -2.30. The van der Waals surface area contributed by atoms with Gasteiger partial charge in [-0.05, 0) is 23.8 Å². The van der Waals surface area contributed by atoms with Crippen LogP contribution in [0.25, 0.3) is 0 Å². The van der Waals surface area contributed by atoms with Crippen LogP contribution in [0.1, 0.15) is 28.4 Å². The maximum atomic E-state index is 12.4. The SMILES string of the molecule is COC(=O)CC(NC(=O)c1cc(Cl)sc1Cl)c1ccc(OC)cc1. The van der Waals surface area contributed by atoms with Crippen LogP contribution in [0.15, 0.2) is 30.3 Å². The molecule has 0 fully saturated rings. The minimum Gasteiger partial charge on any atom is -0.497 e. The maximum Gasteiger partial charge on any atom is 0.307 e. The van der Waals surface area contributed by atoms with E-state index in [9.17, 15) is 9.59 Å². The largest absolute Gasteiger partial charge is 0.497 e. The number of nitrogens with one attached hydrogen (secondary N) is 1. The summed E-state index contributed by atoms with van der Waals surface area (Å²) in [5.41, 5.74) is 1.02. The van der Waals surface area contributed by atoms with Gasteiger partial charge < -0.3 is 14.8 Å².